The summed E-state index contributed by atoms with van der Waals surface area (Å²) in [5.41, 5.74) is 3.65. The van der Waals surface area contributed by atoms with Crippen molar-refractivity contribution in [3.05, 3.63) is 77.4 Å². The van der Waals surface area contributed by atoms with E-state index in [1.807, 2.05) is 58.0 Å². The molecule has 0 aliphatic carbocycles. The van der Waals surface area contributed by atoms with Gasteiger partial charge in [-0.2, -0.15) is 0 Å². The molecule has 2 heterocycles. The van der Waals surface area contributed by atoms with Crippen molar-refractivity contribution in [3.8, 4) is 0 Å². The molecule has 1 aliphatic rings. The minimum Gasteiger partial charge on any atom is -0.378 e. The standard InChI is InChI=1S/C30H36FN5O3S/c1-20(2)28(29(38)34-24-9-11-25(12-10-24)35-13-15-39-16-14-35)36(18-23-7-5-6-8-26(23)31)27(37)19-40-30-32-21(3)17-22(4)33-30/h5-12,17,20,28H,13-16,18-19H2,1-4H3,(H,34,38). The normalized spacial score (nSPS) is 14.2. The van der Waals surface area contributed by atoms with Crippen LogP contribution in [0, 0.1) is 25.6 Å². The van der Waals surface area contributed by atoms with E-state index in [1.54, 1.807) is 18.2 Å². The second-order valence-corrected chi connectivity index (χ2v) is 11.1. The molecule has 1 N–H and O–H groups in total. The molecule has 0 spiro atoms. The van der Waals surface area contributed by atoms with Crippen LogP contribution in [0.4, 0.5) is 15.8 Å². The number of aromatic nitrogens is 2. The van der Waals surface area contributed by atoms with Crippen molar-refractivity contribution in [3.63, 3.8) is 0 Å². The lowest BCUT2D eigenvalue weighted by atomic mass is 10.00. The number of thioether (sulfide) groups is 1. The highest BCUT2D eigenvalue weighted by Crippen LogP contribution is 2.24. The Hall–Kier alpha value is -3.50. The van der Waals surface area contributed by atoms with Crippen molar-refractivity contribution in [1.29, 1.82) is 0 Å². The molecular weight excluding hydrogens is 529 g/mol. The molecule has 4 rings (SSSR count). The van der Waals surface area contributed by atoms with Gasteiger partial charge in [0, 0.05) is 48.0 Å². The molecule has 2 amide bonds. The average molecular weight is 566 g/mol. The Kier molecular flexibility index (Phi) is 10.1. The second kappa shape index (κ2) is 13.7. The topological polar surface area (TPSA) is 87.7 Å². The van der Waals surface area contributed by atoms with Crippen molar-refractivity contribution in [1.82, 2.24) is 14.9 Å². The van der Waals surface area contributed by atoms with Gasteiger partial charge in [0.1, 0.15) is 11.9 Å². The van der Waals surface area contributed by atoms with Crippen LogP contribution in [-0.4, -0.2) is 64.8 Å². The van der Waals surface area contributed by atoms with E-state index in [-0.39, 0.29) is 30.0 Å². The summed E-state index contributed by atoms with van der Waals surface area (Å²) in [6, 6.07) is 15.0. The first-order chi connectivity index (χ1) is 19.2. The van der Waals surface area contributed by atoms with E-state index in [4.69, 9.17) is 4.74 Å². The summed E-state index contributed by atoms with van der Waals surface area (Å²) in [7, 11) is 0. The van der Waals surface area contributed by atoms with Crippen LogP contribution in [0.1, 0.15) is 30.8 Å². The maximum absolute atomic E-state index is 14.7. The van der Waals surface area contributed by atoms with Gasteiger partial charge in [-0.3, -0.25) is 9.59 Å². The predicted octanol–water partition coefficient (Wildman–Crippen LogP) is 4.85. The maximum Gasteiger partial charge on any atom is 0.247 e. The lowest BCUT2D eigenvalue weighted by Crippen LogP contribution is -2.50. The molecule has 0 radical (unpaired) electrons. The van der Waals surface area contributed by atoms with Gasteiger partial charge in [0.05, 0.1) is 19.0 Å². The summed E-state index contributed by atoms with van der Waals surface area (Å²) < 4.78 is 20.1. The molecule has 1 atom stereocenters. The van der Waals surface area contributed by atoms with Gasteiger partial charge < -0.3 is 19.9 Å². The Morgan fingerprint density at radius 3 is 2.33 bits per heavy atom. The first-order valence-corrected chi connectivity index (χ1v) is 14.4. The second-order valence-electron chi connectivity index (χ2n) is 10.2. The van der Waals surface area contributed by atoms with E-state index in [2.05, 4.69) is 20.2 Å². The van der Waals surface area contributed by atoms with E-state index in [0.717, 1.165) is 30.2 Å². The Bertz CT molecular complexity index is 1290. The third-order valence-corrected chi connectivity index (χ3v) is 7.48. The number of carbonyl (C=O) groups is 2. The first kappa shape index (κ1) is 29.5. The fourth-order valence-electron chi connectivity index (χ4n) is 4.72. The molecule has 40 heavy (non-hydrogen) atoms. The molecule has 8 nitrogen and oxygen atoms in total. The number of nitrogens with zero attached hydrogens (tertiary/aromatic N) is 4. The van der Waals surface area contributed by atoms with E-state index < -0.39 is 11.9 Å². The fraction of sp³-hybridized carbons (Fsp3) is 0.400. The Labute approximate surface area is 239 Å². The highest BCUT2D eigenvalue weighted by molar-refractivity contribution is 7.99. The fourth-order valence-corrected chi connectivity index (χ4v) is 5.55. The molecule has 0 saturated carbocycles. The van der Waals surface area contributed by atoms with Crippen LogP contribution in [-0.2, 0) is 20.9 Å². The molecule has 1 aliphatic heterocycles. The minimum absolute atomic E-state index is 0.0160. The smallest absolute Gasteiger partial charge is 0.247 e. The summed E-state index contributed by atoms with van der Waals surface area (Å²) in [5.74, 6) is -1.26. The predicted molar refractivity (Wildman–Crippen MR) is 156 cm³/mol. The lowest BCUT2D eigenvalue weighted by molar-refractivity contribution is -0.138. The Morgan fingerprint density at radius 1 is 1.05 bits per heavy atom. The number of benzene rings is 2. The summed E-state index contributed by atoms with van der Waals surface area (Å²) >= 11 is 1.21. The molecule has 212 valence electrons. The Morgan fingerprint density at radius 2 is 1.70 bits per heavy atom. The van der Waals surface area contributed by atoms with Crippen LogP contribution in [0.25, 0.3) is 0 Å². The summed E-state index contributed by atoms with van der Waals surface area (Å²) in [6.45, 7) is 10.5. The quantitative estimate of drug-likeness (QED) is 0.278. The van der Waals surface area contributed by atoms with Crippen LogP contribution in [0.5, 0.6) is 0 Å². The van der Waals surface area contributed by atoms with Gasteiger partial charge in [-0.25, -0.2) is 14.4 Å². The number of rotatable bonds is 10. The van der Waals surface area contributed by atoms with Gasteiger partial charge in [-0.1, -0.05) is 43.8 Å². The molecule has 1 saturated heterocycles. The van der Waals surface area contributed by atoms with E-state index >= 15 is 0 Å². The zero-order valence-electron chi connectivity index (χ0n) is 23.4. The molecule has 1 aromatic heterocycles. The van der Waals surface area contributed by atoms with Crippen LogP contribution >= 0.6 is 11.8 Å². The highest BCUT2D eigenvalue weighted by atomic mass is 32.2. The van der Waals surface area contributed by atoms with Crippen LogP contribution < -0.4 is 10.2 Å². The number of hydrogen-bond donors (Lipinski definition) is 1. The van der Waals surface area contributed by atoms with Crippen molar-refractivity contribution in [2.24, 2.45) is 5.92 Å². The highest BCUT2D eigenvalue weighted by Gasteiger charge is 2.33. The first-order valence-electron chi connectivity index (χ1n) is 13.4. The van der Waals surface area contributed by atoms with Crippen molar-refractivity contribution >= 4 is 35.0 Å². The molecule has 0 bridgehead atoms. The van der Waals surface area contributed by atoms with Crippen LogP contribution in [0.2, 0.25) is 0 Å². The van der Waals surface area contributed by atoms with Crippen LogP contribution in [0.15, 0.2) is 59.8 Å². The maximum atomic E-state index is 14.7. The number of hydrogen-bond acceptors (Lipinski definition) is 7. The van der Waals surface area contributed by atoms with Gasteiger partial charge in [0.25, 0.3) is 0 Å². The number of nitrogens with one attached hydrogen (secondary N) is 1. The van der Waals surface area contributed by atoms with E-state index in [9.17, 15) is 14.0 Å². The third-order valence-electron chi connectivity index (χ3n) is 6.65. The molecule has 1 unspecified atom stereocenters. The summed E-state index contributed by atoms with van der Waals surface area (Å²) in [4.78, 5) is 39.8. The summed E-state index contributed by atoms with van der Waals surface area (Å²) in [5, 5.41) is 3.47. The number of amides is 2. The Balaban J connectivity index is 1.54. The number of anilines is 2. The molecule has 3 aromatic rings. The zero-order valence-corrected chi connectivity index (χ0v) is 24.2. The molecule has 10 heteroatoms. The lowest BCUT2D eigenvalue weighted by Gasteiger charge is -2.34. The third kappa shape index (κ3) is 7.79. The van der Waals surface area contributed by atoms with Gasteiger partial charge in [0.15, 0.2) is 5.16 Å². The average Bonchev–Trinajstić information content (AvgIpc) is 2.92. The SMILES string of the molecule is Cc1cc(C)nc(SCC(=O)N(Cc2ccccc2F)C(C(=O)Nc2ccc(N3CCOCC3)cc2)C(C)C)n1. The van der Waals surface area contributed by atoms with E-state index in [0.29, 0.717) is 29.6 Å². The van der Waals surface area contributed by atoms with Crippen molar-refractivity contribution < 1.29 is 18.7 Å². The van der Waals surface area contributed by atoms with Crippen LogP contribution in [0.3, 0.4) is 0 Å². The van der Waals surface area contributed by atoms with Gasteiger partial charge in [-0.05, 0) is 56.2 Å². The molecule has 1 fully saturated rings. The number of aryl methyl sites for hydroxylation is 2. The van der Waals surface area contributed by atoms with Gasteiger partial charge in [0.2, 0.25) is 11.8 Å². The zero-order chi connectivity index (χ0) is 28.6. The minimum atomic E-state index is -0.827. The molecule has 2 aromatic carbocycles. The van der Waals surface area contributed by atoms with Crippen molar-refractivity contribution in [2.45, 2.75) is 45.4 Å². The van der Waals surface area contributed by atoms with E-state index in [1.165, 1.54) is 22.7 Å². The number of ether oxygens (including phenoxy) is 1. The summed E-state index contributed by atoms with van der Waals surface area (Å²) in [6.07, 6.45) is 0. The van der Waals surface area contributed by atoms with Gasteiger partial charge in [-0.15, -0.1) is 0 Å². The largest absolute Gasteiger partial charge is 0.378 e. The molecular formula is C30H36FN5O3S. The van der Waals surface area contributed by atoms with Crippen molar-refractivity contribution in [2.75, 3.05) is 42.3 Å². The monoisotopic (exact) mass is 565 g/mol. The number of morpholine rings is 1. The van der Waals surface area contributed by atoms with Gasteiger partial charge >= 0.3 is 0 Å². The number of carbonyl (C=O) groups excluding carboxylic acids is 2. The number of halogens is 1.